The molecule has 5 heteroatoms. The highest BCUT2D eigenvalue weighted by Crippen LogP contribution is 2.22. The number of nitrogens with one attached hydrogen (secondary N) is 1. The largest absolute Gasteiger partial charge is 0.444 e. The van der Waals surface area contributed by atoms with Crippen LogP contribution < -0.4 is 5.32 Å². The standard InChI is InChI=1S/C17H20N2O3/c1-17(2,3)22-16(21)19-14-8-6-12(7-9-14)15(20)13-5-4-10-18-11-13/h4-11,15,20H,1-3H3,(H,19,21). The molecule has 5 nitrogen and oxygen atoms in total. The molecule has 1 aromatic carbocycles. The maximum absolute atomic E-state index is 11.7. The summed E-state index contributed by atoms with van der Waals surface area (Å²) in [6.45, 7) is 5.42. The zero-order valence-corrected chi connectivity index (χ0v) is 12.9. The van der Waals surface area contributed by atoms with Crippen molar-refractivity contribution in [1.29, 1.82) is 0 Å². The van der Waals surface area contributed by atoms with E-state index in [1.165, 1.54) is 0 Å². The van der Waals surface area contributed by atoms with E-state index in [-0.39, 0.29) is 0 Å². The van der Waals surface area contributed by atoms with Gasteiger partial charge in [-0.2, -0.15) is 0 Å². The van der Waals surface area contributed by atoms with Gasteiger partial charge < -0.3 is 9.84 Å². The summed E-state index contributed by atoms with van der Waals surface area (Å²) < 4.78 is 5.18. The average molecular weight is 300 g/mol. The Morgan fingerprint density at radius 1 is 1.18 bits per heavy atom. The second-order valence-electron chi connectivity index (χ2n) is 5.94. The van der Waals surface area contributed by atoms with Gasteiger partial charge in [0.05, 0.1) is 0 Å². The quantitative estimate of drug-likeness (QED) is 0.910. The van der Waals surface area contributed by atoms with Gasteiger partial charge in [0, 0.05) is 23.6 Å². The van der Waals surface area contributed by atoms with Gasteiger partial charge >= 0.3 is 6.09 Å². The van der Waals surface area contributed by atoms with Crippen molar-refractivity contribution in [2.24, 2.45) is 0 Å². The highest BCUT2D eigenvalue weighted by Gasteiger charge is 2.16. The van der Waals surface area contributed by atoms with E-state index in [0.29, 0.717) is 5.69 Å². The van der Waals surface area contributed by atoms with Crippen LogP contribution in [0.5, 0.6) is 0 Å². The maximum atomic E-state index is 11.7. The fraction of sp³-hybridized carbons (Fsp3) is 0.294. The first-order valence-electron chi connectivity index (χ1n) is 7.03. The second-order valence-corrected chi connectivity index (χ2v) is 5.94. The minimum Gasteiger partial charge on any atom is -0.444 e. The van der Waals surface area contributed by atoms with Gasteiger partial charge in [-0.05, 0) is 44.5 Å². The molecule has 0 saturated heterocycles. The maximum Gasteiger partial charge on any atom is 0.412 e. The fourth-order valence-electron chi connectivity index (χ4n) is 1.90. The predicted octanol–water partition coefficient (Wildman–Crippen LogP) is 3.51. The summed E-state index contributed by atoms with van der Waals surface area (Å²) in [5.74, 6) is 0. The number of amides is 1. The third-order valence-corrected chi connectivity index (χ3v) is 2.87. The lowest BCUT2D eigenvalue weighted by Crippen LogP contribution is -2.27. The Bertz CT molecular complexity index is 619. The molecule has 1 unspecified atom stereocenters. The number of aliphatic hydroxyl groups is 1. The number of benzene rings is 1. The monoisotopic (exact) mass is 300 g/mol. The number of aromatic nitrogens is 1. The number of ether oxygens (including phenoxy) is 1. The van der Waals surface area contributed by atoms with Gasteiger partial charge in [-0.15, -0.1) is 0 Å². The molecule has 0 aliphatic heterocycles. The van der Waals surface area contributed by atoms with Crippen molar-refractivity contribution in [2.75, 3.05) is 5.32 Å². The number of carbonyl (C=O) groups excluding carboxylic acids is 1. The van der Waals surface area contributed by atoms with E-state index in [1.807, 2.05) is 6.07 Å². The Morgan fingerprint density at radius 3 is 2.41 bits per heavy atom. The number of aliphatic hydroxyl groups excluding tert-OH is 1. The summed E-state index contributed by atoms with van der Waals surface area (Å²) in [5, 5.41) is 12.9. The molecule has 0 aliphatic rings. The van der Waals surface area contributed by atoms with Crippen LogP contribution in [0.25, 0.3) is 0 Å². The molecule has 0 spiro atoms. The Balaban J connectivity index is 2.03. The zero-order chi connectivity index (χ0) is 16.2. The number of rotatable bonds is 3. The minimum atomic E-state index is -0.746. The van der Waals surface area contributed by atoms with Crippen molar-refractivity contribution in [3.05, 3.63) is 59.9 Å². The van der Waals surface area contributed by atoms with E-state index in [9.17, 15) is 9.90 Å². The molecule has 2 rings (SSSR count). The first-order chi connectivity index (χ1) is 10.3. The Kier molecular flexibility index (Phi) is 4.78. The normalized spacial score (nSPS) is 12.5. The zero-order valence-electron chi connectivity index (χ0n) is 12.9. The molecular weight excluding hydrogens is 280 g/mol. The van der Waals surface area contributed by atoms with E-state index < -0.39 is 17.8 Å². The molecule has 0 saturated carbocycles. The van der Waals surface area contributed by atoms with Crippen LogP contribution in [-0.2, 0) is 4.74 Å². The van der Waals surface area contributed by atoms with Gasteiger partial charge in [0.2, 0.25) is 0 Å². The molecule has 2 aromatic rings. The van der Waals surface area contributed by atoms with E-state index in [4.69, 9.17) is 4.74 Å². The highest BCUT2D eigenvalue weighted by atomic mass is 16.6. The number of anilines is 1. The van der Waals surface area contributed by atoms with Crippen LogP contribution >= 0.6 is 0 Å². The topological polar surface area (TPSA) is 71.5 Å². The molecular formula is C17H20N2O3. The van der Waals surface area contributed by atoms with Crippen LogP contribution in [0, 0.1) is 0 Å². The number of carbonyl (C=O) groups is 1. The summed E-state index contributed by atoms with van der Waals surface area (Å²) in [6.07, 6.45) is 2.03. The molecule has 1 heterocycles. The average Bonchev–Trinajstić information content (AvgIpc) is 2.46. The van der Waals surface area contributed by atoms with Crippen molar-refractivity contribution < 1.29 is 14.6 Å². The Hall–Kier alpha value is -2.40. The van der Waals surface area contributed by atoms with Gasteiger partial charge in [0.25, 0.3) is 0 Å². The summed E-state index contributed by atoms with van der Waals surface area (Å²) in [4.78, 5) is 15.7. The number of hydrogen-bond donors (Lipinski definition) is 2. The SMILES string of the molecule is CC(C)(C)OC(=O)Nc1ccc(C(O)c2cccnc2)cc1. The van der Waals surface area contributed by atoms with Crippen molar-refractivity contribution in [3.63, 3.8) is 0 Å². The summed E-state index contributed by atoms with van der Waals surface area (Å²) in [6, 6.07) is 10.5. The van der Waals surface area contributed by atoms with E-state index >= 15 is 0 Å². The lowest BCUT2D eigenvalue weighted by Gasteiger charge is -2.19. The molecule has 2 N–H and O–H groups in total. The van der Waals surface area contributed by atoms with Crippen LogP contribution in [-0.4, -0.2) is 21.8 Å². The smallest absolute Gasteiger partial charge is 0.412 e. The Morgan fingerprint density at radius 2 is 1.86 bits per heavy atom. The minimum absolute atomic E-state index is 0.506. The molecule has 1 amide bonds. The molecule has 0 bridgehead atoms. The van der Waals surface area contributed by atoms with Crippen LogP contribution in [0.2, 0.25) is 0 Å². The number of nitrogens with zero attached hydrogens (tertiary/aromatic N) is 1. The third-order valence-electron chi connectivity index (χ3n) is 2.87. The number of hydrogen-bond acceptors (Lipinski definition) is 4. The van der Waals surface area contributed by atoms with Crippen molar-refractivity contribution in [1.82, 2.24) is 4.98 Å². The predicted molar refractivity (Wildman–Crippen MR) is 84.6 cm³/mol. The summed E-state index contributed by atoms with van der Waals surface area (Å²) in [5.41, 5.74) is 1.51. The molecule has 1 atom stereocenters. The second kappa shape index (κ2) is 6.58. The van der Waals surface area contributed by atoms with Gasteiger partial charge in [0.15, 0.2) is 0 Å². The molecule has 22 heavy (non-hydrogen) atoms. The van der Waals surface area contributed by atoms with E-state index in [1.54, 1.807) is 63.5 Å². The number of pyridine rings is 1. The molecule has 0 aliphatic carbocycles. The van der Waals surface area contributed by atoms with Gasteiger partial charge in [-0.1, -0.05) is 18.2 Å². The van der Waals surface area contributed by atoms with Gasteiger partial charge in [0.1, 0.15) is 11.7 Å². The van der Waals surface area contributed by atoms with Gasteiger partial charge in [-0.3, -0.25) is 10.3 Å². The van der Waals surface area contributed by atoms with Crippen LogP contribution in [0.4, 0.5) is 10.5 Å². The summed E-state index contributed by atoms with van der Waals surface area (Å²) in [7, 11) is 0. The molecule has 1 aromatic heterocycles. The van der Waals surface area contributed by atoms with Gasteiger partial charge in [-0.25, -0.2) is 4.79 Å². The van der Waals surface area contributed by atoms with Crippen molar-refractivity contribution in [2.45, 2.75) is 32.5 Å². The first kappa shape index (κ1) is 16.0. The molecule has 0 radical (unpaired) electrons. The van der Waals surface area contributed by atoms with Crippen LogP contribution in [0.15, 0.2) is 48.8 Å². The first-order valence-corrected chi connectivity index (χ1v) is 7.03. The lowest BCUT2D eigenvalue weighted by atomic mass is 10.0. The lowest BCUT2D eigenvalue weighted by molar-refractivity contribution is 0.0636. The van der Waals surface area contributed by atoms with Crippen molar-refractivity contribution >= 4 is 11.8 Å². The molecule has 116 valence electrons. The Labute approximate surface area is 130 Å². The third kappa shape index (κ3) is 4.56. The van der Waals surface area contributed by atoms with Crippen LogP contribution in [0.1, 0.15) is 38.0 Å². The van der Waals surface area contributed by atoms with E-state index in [2.05, 4.69) is 10.3 Å². The van der Waals surface area contributed by atoms with E-state index in [0.717, 1.165) is 11.1 Å². The van der Waals surface area contributed by atoms with Crippen molar-refractivity contribution in [3.8, 4) is 0 Å². The van der Waals surface area contributed by atoms with Crippen LogP contribution in [0.3, 0.4) is 0 Å². The highest BCUT2D eigenvalue weighted by molar-refractivity contribution is 5.84. The fourth-order valence-corrected chi connectivity index (χ4v) is 1.90. The molecule has 0 fully saturated rings. The summed E-state index contributed by atoms with van der Waals surface area (Å²) >= 11 is 0.